The third-order valence-electron chi connectivity index (χ3n) is 3.20. The van der Waals surface area contributed by atoms with Crippen LogP contribution in [0.15, 0.2) is 59.7 Å². The van der Waals surface area contributed by atoms with Gasteiger partial charge in [-0.05, 0) is 42.3 Å². The van der Waals surface area contributed by atoms with E-state index in [1.54, 1.807) is 31.2 Å². The van der Waals surface area contributed by atoms with Crippen LogP contribution in [0.25, 0.3) is 0 Å². The van der Waals surface area contributed by atoms with Crippen LogP contribution < -0.4 is 5.43 Å². The van der Waals surface area contributed by atoms with Crippen LogP contribution in [-0.2, 0) is 9.53 Å². The van der Waals surface area contributed by atoms with Gasteiger partial charge in [0.05, 0.1) is 5.71 Å². The van der Waals surface area contributed by atoms with E-state index >= 15 is 0 Å². The lowest BCUT2D eigenvalue weighted by molar-refractivity contribution is -0.131. The van der Waals surface area contributed by atoms with Crippen LogP contribution in [0.2, 0.25) is 0 Å². The van der Waals surface area contributed by atoms with Crippen molar-refractivity contribution < 1.29 is 14.6 Å². The van der Waals surface area contributed by atoms with Crippen LogP contribution in [-0.4, -0.2) is 23.8 Å². The SMILES string of the molecule is CO[C@@H](C(=O)N/N=C(\C)c1ccc(O)cc1)c1ccccc1. The van der Waals surface area contributed by atoms with E-state index in [4.69, 9.17) is 4.74 Å². The quantitative estimate of drug-likeness (QED) is 0.658. The molecule has 0 radical (unpaired) electrons. The van der Waals surface area contributed by atoms with Gasteiger partial charge in [-0.1, -0.05) is 30.3 Å². The number of amides is 1. The molecule has 0 fully saturated rings. The molecule has 22 heavy (non-hydrogen) atoms. The minimum absolute atomic E-state index is 0.184. The third kappa shape index (κ3) is 3.93. The molecule has 0 unspecified atom stereocenters. The summed E-state index contributed by atoms with van der Waals surface area (Å²) in [7, 11) is 1.48. The van der Waals surface area contributed by atoms with Gasteiger partial charge >= 0.3 is 0 Å². The molecule has 114 valence electrons. The molecule has 0 saturated carbocycles. The summed E-state index contributed by atoms with van der Waals surface area (Å²) >= 11 is 0. The molecule has 0 saturated heterocycles. The summed E-state index contributed by atoms with van der Waals surface area (Å²) in [5.74, 6) is -0.157. The van der Waals surface area contributed by atoms with Crippen molar-refractivity contribution >= 4 is 11.6 Å². The number of carbonyl (C=O) groups is 1. The zero-order valence-electron chi connectivity index (χ0n) is 12.5. The van der Waals surface area contributed by atoms with Crippen LogP contribution in [0.4, 0.5) is 0 Å². The van der Waals surface area contributed by atoms with Gasteiger partial charge in [-0.3, -0.25) is 4.79 Å². The van der Waals surface area contributed by atoms with Crippen LogP contribution in [0.5, 0.6) is 5.75 Å². The summed E-state index contributed by atoms with van der Waals surface area (Å²) < 4.78 is 5.24. The number of rotatable bonds is 5. The second kappa shape index (κ2) is 7.38. The molecule has 2 N–H and O–H groups in total. The maximum absolute atomic E-state index is 12.2. The summed E-state index contributed by atoms with van der Waals surface area (Å²) in [5.41, 5.74) is 4.72. The Kier molecular flexibility index (Phi) is 5.27. The van der Waals surface area contributed by atoms with E-state index < -0.39 is 6.10 Å². The number of benzene rings is 2. The van der Waals surface area contributed by atoms with Gasteiger partial charge in [-0.2, -0.15) is 5.10 Å². The number of hydrogen-bond acceptors (Lipinski definition) is 4. The van der Waals surface area contributed by atoms with E-state index in [2.05, 4.69) is 10.5 Å². The first-order valence-corrected chi connectivity index (χ1v) is 6.83. The molecule has 0 aliphatic carbocycles. The smallest absolute Gasteiger partial charge is 0.273 e. The fourth-order valence-corrected chi connectivity index (χ4v) is 1.99. The fourth-order valence-electron chi connectivity index (χ4n) is 1.99. The summed E-state index contributed by atoms with van der Waals surface area (Å²) in [6.45, 7) is 1.77. The lowest BCUT2D eigenvalue weighted by Crippen LogP contribution is -2.27. The number of phenolic OH excluding ortho intramolecular Hbond substituents is 1. The van der Waals surface area contributed by atoms with E-state index in [9.17, 15) is 9.90 Å². The lowest BCUT2D eigenvalue weighted by atomic mass is 10.1. The van der Waals surface area contributed by atoms with Gasteiger partial charge in [0, 0.05) is 7.11 Å². The molecule has 1 amide bonds. The molecule has 0 aliphatic rings. The minimum atomic E-state index is -0.711. The highest BCUT2D eigenvalue weighted by Gasteiger charge is 2.19. The molecular weight excluding hydrogens is 280 g/mol. The van der Waals surface area contributed by atoms with Crippen LogP contribution in [0, 0.1) is 0 Å². The first kappa shape index (κ1) is 15.7. The summed E-state index contributed by atoms with van der Waals surface area (Å²) in [6, 6.07) is 15.8. The van der Waals surface area contributed by atoms with Gasteiger partial charge in [0.15, 0.2) is 6.10 Å². The maximum Gasteiger partial charge on any atom is 0.273 e. The monoisotopic (exact) mass is 298 g/mol. The second-order valence-electron chi connectivity index (χ2n) is 4.75. The number of methoxy groups -OCH3 is 1. The zero-order chi connectivity index (χ0) is 15.9. The summed E-state index contributed by atoms with van der Waals surface area (Å²) in [6.07, 6.45) is -0.711. The van der Waals surface area contributed by atoms with Crippen molar-refractivity contribution in [3.63, 3.8) is 0 Å². The molecule has 2 aromatic carbocycles. The van der Waals surface area contributed by atoms with Crippen LogP contribution in [0.3, 0.4) is 0 Å². The van der Waals surface area contributed by atoms with Crippen LogP contribution >= 0.6 is 0 Å². The van der Waals surface area contributed by atoms with Crippen molar-refractivity contribution in [2.45, 2.75) is 13.0 Å². The molecule has 5 heteroatoms. The largest absolute Gasteiger partial charge is 0.508 e. The highest BCUT2D eigenvalue weighted by molar-refractivity contribution is 5.99. The predicted molar refractivity (Wildman–Crippen MR) is 84.7 cm³/mol. The Morgan fingerprint density at radius 2 is 1.77 bits per heavy atom. The molecule has 1 atom stereocenters. The van der Waals surface area contributed by atoms with Crippen molar-refractivity contribution in [1.29, 1.82) is 0 Å². The number of nitrogens with zero attached hydrogens (tertiary/aromatic N) is 1. The number of hydrazone groups is 1. The highest BCUT2D eigenvalue weighted by atomic mass is 16.5. The van der Waals surface area contributed by atoms with Gasteiger partial charge < -0.3 is 9.84 Å². The van der Waals surface area contributed by atoms with E-state index in [-0.39, 0.29) is 11.7 Å². The van der Waals surface area contributed by atoms with Gasteiger partial charge in [-0.15, -0.1) is 0 Å². The molecule has 0 heterocycles. The Balaban J connectivity index is 2.07. The number of nitrogens with one attached hydrogen (secondary N) is 1. The summed E-state index contributed by atoms with van der Waals surface area (Å²) in [5, 5.41) is 13.3. The molecule has 5 nitrogen and oxygen atoms in total. The fraction of sp³-hybridized carbons (Fsp3) is 0.176. The van der Waals surface area contributed by atoms with E-state index in [0.29, 0.717) is 5.71 Å². The number of ether oxygens (including phenoxy) is 1. The summed E-state index contributed by atoms with van der Waals surface area (Å²) in [4.78, 5) is 12.2. The minimum Gasteiger partial charge on any atom is -0.508 e. The van der Waals surface area contributed by atoms with Crippen molar-refractivity contribution in [2.24, 2.45) is 5.10 Å². The number of hydrogen-bond donors (Lipinski definition) is 2. The number of aromatic hydroxyl groups is 1. The third-order valence-corrected chi connectivity index (χ3v) is 3.20. The molecule has 2 rings (SSSR count). The van der Waals surface area contributed by atoms with E-state index in [1.165, 1.54) is 7.11 Å². The van der Waals surface area contributed by atoms with Crippen molar-refractivity contribution in [1.82, 2.24) is 5.43 Å². The molecule has 0 spiro atoms. The van der Waals surface area contributed by atoms with E-state index in [0.717, 1.165) is 11.1 Å². The maximum atomic E-state index is 12.2. The predicted octanol–water partition coefficient (Wildman–Crippen LogP) is 2.62. The van der Waals surface area contributed by atoms with Crippen molar-refractivity contribution in [2.75, 3.05) is 7.11 Å². The first-order valence-electron chi connectivity index (χ1n) is 6.83. The van der Waals surface area contributed by atoms with Crippen LogP contribution in [0.1, 0.15) is 24.2 Å². The lowest BCUT2D eigenvalue weighted by Gasteiger charge is -2.14. The van der Waals surface area contributed by atoms with E-state index in [1.807, 2.05) is 30.3 Å². The molecule has 0 bridgehead atoms. The van der Waals surface area contributed by atoms with Gasteiger partial charge in [0.25, 0.3) is 5.91 Å². The van der Waals surface area contributed by atoms with Gasteiger partial charge in [-0.25, -0.2) is 5.43 Å². The second-order valence-corrected chi connectivity index (χ2v) is 4.75. The molecule has 2 aromatic rings. The van der Waals surface area contributed by atoms with Gasteiger partial charge in [0.2, 0.25) is 0 Å². The number of phenols is 1. The molecule has 0 aromatic heterocycles. The van der Waals surface area contributed by atoms with Crippen molar-refractivity contribution in [3.8, 4) is 5.75 Å². The molecule has 0 aliphatic heterocycles. The Morgan fingerprint density at radius 1 is 1.14 bits per heavy atom. The Labute approximate surface area is 129 Å². The highest BCUT2D eigenvalue weighted by Crippen LogP contribution is 2.16. The zero-order valence-corrected chi connectivity index (χ0v) is 12.5. The number of carbonyl (C=O) groups excluding carboxylic acids is 1. The standard InChI is InChI=1S/C17H18N2O3/c1-12(13-8-10-15(20)11-9-13)18-19-17(21)16(22-2)14-6-4-3-5-7-14/h3-11,16,20H,1-2H3,(H,19,21)/b18-12+/t16-/m1/s1. The van der Waals surface area contributed by atoms with Crippen molar-refractivity contribution in [3.05, 3.63) is 65.7 Å². The van der Waals surface area contributed by atoms with Gasteiger partial charge in [0.1, 0.15) is 5.75 Å². The average molecular weight is 298 g/mol. The topological polar surface area (TPSA) is 70.9 Å². The Bertz CT molecular complexity index is 651. The Hall–Kier alpha value is -2.66. The first-order chi connectivity index (χ1) is 10.6. The average Bonchev–Trinajstić information content (AvgIpc) is 2.55. The normalized spacial score (nSPS) is 12.7. The molecular formula is C17H18N2O3. The Morgan fingerprint density at radius 3 is 2.36 bits per heavy atom.